The first-order valence-corrected chi connectivity index (χ1v) is 10.3. The maximum atomic E-state index is 13.4. The molecule has 1 aromatic carbocycles. The van der Waals surface area contributed by atoms with Crippen molar-refractivity contribution in [1.29, 1.82) is 0 Å². The zero-order valence-corrected chi connectivity index (χ0v) is 18.0. The lowest BCUT2D eigenvalue weighted by atomic mass is 9.95. The van der Waals surface area contributed by atoms with Gasteiger partial charge in [0.05, 0.1) is 11.3 Å². The second-order valence-electron chi connectivity index (χ2n) is 7.23. The lowest BCUT2D eigenvalue weighted by Gasteiger charge is -2.27. The molecule has 0 aliphatic heterocycles. The van der Waals surface area contributed by atoms with Crippen molar-refractivity contribution >= 4 is 34.2 Å². The SMILES string of the molecule is Cc1ccc(C(F)(F)F)c(Nc2nc(C(F)(F)F)c(I)c(=O)n2C2CCCCC2)c1. The predicted molar refractivity (Wildman–Crippen MR) is 108 cm³/mol. The van der Waals surface area contributed by atoms with Crippen LogP contribution in [0.1, 0.15) is 55.0 Å². The molecule has 0 unspecified atom stereocenters. The normalized spacial score (nSPS) is 16.0. The summed E-state index contributed by atoms with van der Waals surface area (Å²) in [7, 11) is 0. The van der Waals surface area contributed by atoms with Gasteiger partial charge in [-0.2, -0.15) is 26.3 Å². The van der Waals surface area contributed by atoms with Crippen molar-refractivity contribution in [2.24, 2.45) is 0 Å². The van der Waals surface area contributed by atoms with Crippen molar-refractivity contribution in [2.45, 2.75) is 57.4 Å². The van der Waals surface area contributed by atoms with E-state index in [1.165, 1.54) is 34.7 Å². The highest BCUT2D eigenvalue weighted by Gasteiger charge is 2.39. The van der Waals surface area contributed by atoms with Crippen LogP contribution >= 0.6 is 22.6 Å². The van der Waals surface area contributed by atoms with Gasteiger partial charge in [0.1, 0.15) is 3.57 Å². The summed E-state index contributed by atoms with van der Waals surface area (Å²) in [4.78, 5) is 16.4. The van der Waals surface area contributed by atoms with E-state index in [-0.39, 0.29) is 0 Å². The van der Waals surface area contributed by atoms with Gasteiger partial charge < -0.3 is 5.32 Å². The van der Waals surface area contributed by atoms with Gasteiger partial charge in [-0.15, -0.1) is 0 Å². The van der Waals surface area contributed by atoms with Gasteiger partial charge >= 0.3 is 12.4 Å². The van der Waals surface area contributed by atoms with Gasteiger partial charge in [-0.3, -0.25) is 9.36 Å². The van der Waals surface area contributed by atoms with E-state index in [1.54, 1.807) is 6.92 Å². The highest BCUT2D eigenvalue weighted by atomic mass is 127. The molecule has 1 aromatic heterocycles. The van der Waals surface area contributed by atoms with Crippen LogP contribution in [0.3, 0.4) is 0 Å². The van der Waals surface area contributed by atoms with E-state index in [0.717, 1.165) is 29.9 Å². The van der Waals surface area contributed by atoms with Gasteiger partial charge in [-0.05, 0) is 60.1 Å². The van der Waals surface area contributed by atoms with Crippen molar-refractivity contribution in [3.8, 4) is 0 Å². The smallest absolute Gasteiger partial charge is 0.325 e. The Morgan fingerprint density at radius 3 is 2.27 bits per heavy atom. The Morgan fingerprint density at radius 1 is 1.07 bits per heavy atom. The molecular weight excluding hydrogens is 527 g/mol. The number of anilines is 2. The zero-order valence-electron chi connectivity index (χ0n) is 15.8. The van der Waals surface area contributed by atoms with Crippen molar-refractivity contribution < 1.29 is 26.3 Å². The van der Waals surface area contributed by atoms with E-state index < -0.39 is 50.4 Å². The Bertz CT molecular complexity index is 993. The fourth-order valence-corrected chi connectivity index (χ4v) is 4.28. The minimum atomic E-state index is -4.92. The Balaban J connectivity index is 2.22. The minimum Gasteiger partial charge on any atom is -0.325 e. The number of nitrogens with zero attached hydrogens (tertiary/aromatic N) is 2. The fraction of sp³-hybridized carbons (Fsp3) is 0.474. The first-order valence-electron chi connectivity index (χ1n) is 9.23. The molecule has 1 fully saturated rings. The molecule has 11 heteroatoms. The number of aryl methyl sites for hydroxylation is 1. The van der Waals surface area contributed by atoms with Crippen LogP contribution in [-0.4, -0.2) is 9.55 Å². The van der Waals surface area contributed by atoms with Crippen LogP contribution in [0.5, 0.6) is 0 Å². The van der Waals surface area contributed by atoms with Crippen molar-refractivity contribution in [1.82, 2.24) is 9.55 Å². The lowest BCUT2D eigenvalue weighted by Crippen LogP contribution is -2.34. The largest absolute Gasteiger partial charge is 0.434 e. The molecule has 0 bridgehead atoms. The van der Waals surface area contributed by atoms with Gasteiger partial charge in [0.2, 0.25) is 5.95 Å². The van der Waals surface area contributed by atoms with Gasteiger partial charge in [-0.25, -0.2) is 4.98 Å². The Hall–Kier alpha value is -1.79. The molecule has 30 heavy (non-hydrogen) atoms. The molecule has 164 valence electrons. The maximum absolute atomic E-state index is 13.4. The number of nitrogens with one attached hydrogen (secondary N) is 1. The standard InChI is InChI=1S/C19H18F6IN3O/c1-10-7-8-12(18(20,21)22)13(9-10)27-17-28-15(19(23,24)25)14(26)16(30)29(17)11-5-3-2-4-6-11/h7-9,11H,2-6H2,1H3,(H,27,28). The summed E-state index contributed by atoms with van der Waals surface area (Å²) in [5.41, 5.74) is -3.35. The Kier molecular flexibility index (Phi) is 6.40. The lowest BCUT2D eigenvalue weighted by molar-refractivity contribution is -0.142. The molecule has 0 amide bonds. The van der Waals surface area contributed by atoms with Crippen molar-refractivity contribution in [3.05, 3.63) is 48.9 Å². The Morgan fingerprint density at radius 2 is 1.70 bits per heavy atom. The summed E-state index contributed by atoms with van der Waals surface area (Å²) in [6.07, 6.45) is -6.11. The van der Waals surface area contributed by atoms with Gasteiger partial charge in [0.15, 0.2) is 5.69 Å². The minimum absolute atomic E-state index is 0.434. The molecule has 1 heterocycles. The van der Waals surface area contributed by atoms with Crippen LogP contribution in [0, 0.1) is 10.5 Å². The summed E-state index contributed by atoms with van der Waals surface area (Å²) in [5, 5.41) is 2.39. The molecule has 1 saturated carbocycles. The molecule has 0 atom stereocenters. The number of halogens is 7. The van der Waals surface area contributed by atoms with Crippen LogP contribution in [0.25, 0.3) is 0 Å². The van der Waals surface area contributed by atoms with Crippen LogP contribution in [0.2, 0.25) is 0 Å². The molecule has 2 aromatic rings. The first kappa shape index (κ1) is 22.9. The average Bonchev–Trinajstić information content (AvgIpc) is 2.63. The van der Waals surface area contributed by atoms with Gasteiger partial charge in [-0.1, -0.05) is 25.3 Å². The molecule has 4 nitrogen and oxygen atoms in total. The van der Waals surface area contributed by atoms with Crippen LogP contribution in [0.15, 0.2) is 23.0 Å². The second-order valence-corrected chi connectivity index (χ2v) is 8.31. The molecule has 1 N–H and O–H groups in total. The first-order chi connectivity index (χ1) is 13.9. The third-order valence-electron chi connectivity index (χ3n) is 5.00. The third-order valence-corrected chi connectivity index (χ3v) is 5.97. The molecule has 1 aliphatic carbocycles. The van der Waals surface area contributed by atoms with Crippen LogP contribution < -0.4 is 10.9 Å². The van der Waals surface area contributed by atoms with Gasteiger partial charge in [0.25, 0.3) is 5.56 Å². The number of benzene rings is 1. The molecule has 0 radical (unpaired) electrons. The quantitative estimate of drug-likeness (QED) is 0.357. The topological polar surface area (TPSA) is 46.9 Å². The second kappa shape index (κ2) is 8.39. The third kappa shape index (κ3) is 4.75. The molecule has 3 rings (SSSR count). The van der Waals surface area contributed by atoms with E-state index in [4.69, 9.17) is 0 Å². The van der Waals surface area contributed by atoms with Crippen molar-refractivity contribution in [3.63, 3.8) is 0 Å². The summed E-state index contributed by atoms with van der Waals surface area (Å²) < 4.78 is 81.1. The average molecular weight is 545 g/mol. The number of hydrogen-bond donors (Lipinski definition) is 1. The summed E-state index contributed by atoms with van der Waals surface area (Å²) in [6, 6.07) is 2.84. The van der Waals surface area contributed by atoms with E-state index in [2.05, 4.69) is 10.3 Å². The summed E-state index contributed by atoms with van der Waals surface area (Å²) >= 11 is 1.30. The van der Waals surface area contributed by atoms with E-state index in [0.29, 0.717) is 18.4 Å². The maximum Gasteiger partial charge on any atom is 0.434 e. The molecule has 0 spiro atoms. The highest BCUT2D eigenvalue weighted by Crippen LogP contribution is 2.38. The highest BCUT2D eigenvalue weighted by molar-refractivity contribution is 14.1. The van der Waals surface area contributed by atoms with Crippen molar-refractivity contribution in [2.75, 3.05) is 5.32 Å². The van der Waals surface area contributed by atoms with Gasteiger partial charge in [0, 0.05) is 6.04 Å². The van der Waals surface area contributed by atoms with Crippen LogP contribution in [0.4, 0.5) is 38.0 Å². The number of hydrogen-bond acceptors (Lipinski definition) is 3. The predicted octanol–water partition coefficient (Wildman–Crippen LogP) is 6.44. The van der Waals surface area contributed by atoms with E-state index in [9.17, 15) is 31.1 Å². The molecule has 1 aliphatic rings. The van der Waals surface area contributed by atoms with E-state index in [1.807, 2.05) is 0 Å². The monoisotopic (exact) mass is 545 g/mol. The molecular formula is C19H18F6IN3O. The summed E-state index contributed by atoms with van der Waals surface area (Å²) in [6.45, 7) is 1.56. The fourth-order valence-electron chi connectivity index (χ4n) is 3.60. The number of aromatic nitrogens is 2. The molecule has 0 saturated heterocycles. The number of rotatable bonds is 3. The number of alkyl halides is 6. The summed E-state index contributed by atoms with van der Waals surface area (Å²) in [5.74, 6) is -0.532. The van der Waals surface area contributed by atoms with E-state index >= 15 is 0 Å². The Labute approximate surface area is 181 Å². The van der Waals surface area contributed by atoms with Crippen LogP contribution in [-0.2, 0) is 12.4 Å². The zero-order chi connectivity index (χ0) is 22.3.